The van der Waals surface area contributed by atoms with Crippen LogP contribution >= 0.6 is 11.6 Å². The van der Waals surface area contributed by atoms with Crippen molar-refractivity contribution in [2.75, 3.05) is 6.54 Å². The lowest BCUT2D eigenvalue weighted by molar-refractivity contribution is 0.441. The Kier molecular flexibility index (Phi) is 5.76. The maximum absolute atomic E-state index is 6.29. The van der Waals surface area contributed by atoms with Gasteiger partial charge in [0.15, 0.2) is 0 Å². The summed E-state index contributed by atoms with van der Waals surface area (Å²) < 4.78 is 1.75. The van der Waals surface area contributed by atoms with Crippen molar-refractivity contribution in [2.45, 2.75) is 32.7 Å². The van der Waals surface area contributed by atoms with E-state index in [9.17, 15) is 0 Å². The minimum absolute atomic E-state index is 0.448. The average molecular weight is 307 g/mol. The Balaban J connectivity index is 2.06. The van der Waals surface area contributed by atoms with E-state index in [1.165, 1.54) is 5.56 Å². The molecule has 1 aromatic heterocycles. The summed E-state index contributed by atoms with van der Waals surface area (Å²) in [6.45, 7) is 5.27. The Bertz CT molecular complexity index is 565. The van der Waals surface area contributed by atoms with E-state index in [-0.39, 0.29) is 0 Å². The quantitative estimate of drug-likeness (QED) is 0.855. The van der Waals surface area contributed by atoms with Gasteiger partial charge in [-0.1, -0.05) is 48.9 Å². The molecule has 2 aromatic rings. The van der Waals surface area contributed by atoms with Gasteiger partial charge in [0.1, 0.15) is 0 Å². The van der Waals surface area contributed by atoms with Gasteiger partial charge in [0.2, 0.25) is 0 Å². The van der Waals surface area contributed by atoms with Crippen molar-refractivity contribution in [3.8, 4) is 0 Å². The van der Waals surface area contributed by atoms with Gasteiger partial charge in [-0.3, -0.25) is 4.68 Å². The maximum atomic E-state index is 6.29. The third-order valence-electron chi connectivity index (χ3n) is 3.43. The van der Waals surface area contributed by atoms with Gasteiger partial charge >= 0.3 is 0 Å². The lowest BCUT2D eigenvalue weighted by Gasteiger charge is -2.19. The molecule has 0 aliphatic carbocycles. The van der Waals surface area contributed by atoms with Crippen molar-refractivity contribution in [1.82, 2.24) is 20.3 Å². The number of hydrogen-bond acceptors (Lipinski definition) is 3. The van der Waals surface area contributed by atoms with Crippen LogP contribution in [0.5, 0.6) is 0 Å². The molecule has 0 saturated heterocycles. The van der Waals surface area contributed by atoms with Gasteiger partial charge in [-0.2, -0.15) is 0 Å². The first-order valence-electron chi connectivity index (χ1n) is 7.36. The van der Waals surface area contributed by atoms with E-state index >= 15 is 0 Å². The van der Waals surface area contributed by atoms with Crippen LogP contribution in [0.25, 0.3) is 0 Å². The SMILES string of the molecule is CC(C)NCC(Cc1cn(C)nn1)Cc1ccccc1Cl. The number of nitrogens with zero attached hydrogens (tertiary/aromatic N) is 3. The lowest BCUT2D eigenvalue weighted by Crippen LogP contribution is -2.31. The molecule has 1 aromatic carbocycles. The summed E-state index contributed by atoms with van der Waals surface area (Å²) >= 11 is 6.29. The molecule has 1 unspecified atom stereocenters. The van der Waals surface area contributed by atoms with Crippen LogP contribution in [0.1, 0.15) is 25.1 Å². The Labute approximate surface area is 131 Å². The fourth-order valence-electron chi connectivity index (χ4n) is 2.38. The van der Waals surface area contributed by atoms with E-state index < -0.39 is 0 Å². The molecule has 2 rings (SSSR count). The smallest absolute Gasteiger partial charge is 0.0830 e. The molecule has 0 radical (unpaired) electrons. The second kappa shape index (κ2) is 7.57. The zero-order valence-corrected chi connectivity index (χ0v) is 13.6. The molecule has 0 fully saturated rings. The highest BCUT2D eigenvalue weighted by molar-refractivity contribution is 6.31. The predicted octanol–water partition coefficient (Wildman–Crippen LogP) is 2.87. The van der Waals surface area contributed by atoms with Crippen molar-refractivity contribution in [1.29, 1.82) is 0 Å². The standard InChI is InChI=1S/C16H23ClN4/c1-12(2)18-10-13(9-15-11-21(3)20-19-15)8-14-6-4-5-7-16(14)17/h4-7,11-13,18H,8-10H2,1-3H3. The Morgan fingerprint density at radius 2 is 2.00 bits per heavy atom. The molecule has 21 heavy (non-hydrogen) atoms. The summed E-state index contributed by atoms with van der Waals surface area (Å²) in [5.41, 5.74) is 2.22. The molecular weight excluding hydrogens is 284 g/mol. The molecular formula is C16H23ClN4. The lowest BCUT2D eigenvalue weighted by atomic mass is 9.94. The zero-order valence-electron chi connectivity index (χ0n) is 12.9. The van der Waals surface area contributed by atoms with E-state index in [0.29, 0.717) is 12.0 Å². The Morgan fingerprint density at radius 3 is 2.62 bits per heavy atom. The minimum atomic E-state index is 0.448. The number of benzene rings is 1. The number of halogens is 1. The zero-order chi connectivity index (χ0) is 15.2. The van der Waals surface area contributed by atoms with Gasteiger partial charge in [0.25, 0.3) is 0 Å². The van der Waals surface area contributed by atoms with Crippen LogP contribution in [0.4, 0.5) is 0 Å². The third-order valence-corrected chi connectivity index (χ3v) is 3.80. The molecule has 1 N–H and O–H groups in total. The van der Waals surface area contributed by atoms with Crippen LogP contribution in [0.2, 0.25) is 5.02 Å². The van der Waals surface area contributed by atoms with Crippen LogP contribution in [0, 0.1) is 5.92 Å². The Morgan fingerprint density at radius 1 is 1.24 bits per heavy atom. The molecule has 4 nitrogen and oxygen atoms in total. The largest absolute Gasteiger partial charge is 0.314 e. The summed E-state index contributed by atoms with van der Waals surface area (Å²) in [5.74, 6) is 0.448. The predicted molar refractivity (Wildman–Crippen MR) is 86.5 cm³/mol. The highest BCUT2D eigenvalue weighted by Crippen LogP contribution is 2.20. The van der Waals surface area contributed by atoms with Gasteiger partial charge < -0.3 is 5.32 Å². The van der Waals surface area contributed by atoms with Gasteiger partial charge in [-0.05, 0) is 36.9 Å². The van der Waals surface area contributed by atoms with Gasteiger partial charge in [-0.25, -0.2) is 0 Å². The van der Waals surface area contributed by atoms with E-state index in [2.05, 4.69) is 35.5 Å². The first-order valence-corrected chi connectivity index (χ1v) is 7.74. The van der Waals surface area contributed by atoms with Crippen LogP contribution in [-0.2, 0) is 19.9 Å². The first-order chi connectivity index (χ1) is 10.0. The van der Waals surface area contributed by atoms with E-state index in [0.717, 1.165) is 30.1 Å². The molecule has 1 atom stereocenters. The monoisotopic (exact) mass is 306 g/mol. The molecule has 0 aliphatic heterocycles. The summed E-state index contributed by atoms with van der Waals surface area (Å²) in [5, 5.41) is 12.6. The second-order valence-electron chi connectivity index (χ2n) is 5.81. The topological polar surface area (TPSA) is 42.7 Å². The molecule has 0 saturated carbocycles. The van der Waals surface area contributed by atoms with Crippen LogP contribution < -0.4 is 5.32 Å². The van der Waals surface area contributed by atoms with E-state index in [4.69, 9.17) is 11.6 Å². The Hall–Kier alpha value is -1.39. The number of aromatic nitrogens is 3. The number of aryl methyl sites for hydroxylation is 1. The van der Waals surface area contributed by atoms with Gasteiger partial charge in [0.05, 0.1) is 5.69 Å². The molecule has 0 amide bonds. The molecule has 0 spiro atoms. The molecule has 1 heterocycles. The molecule has 114 valence electrons. The van der Waals surface area contributed by atoms with Crippen molar-refractivity contribution < 1.29 is 0 Å². The second-order valence-corrected chi connectivity index (χ2v) is 6.22. The first kappa shape index (κ1) is 16.0. The molecule has 0 bridgehead atoms. The average Bonchev–Trinajstić information content (AvgIpc) is 2.84. The van der Waals surface area contributed by atoms with Gasteiger partial charge in [0, 0.05) is 24.3 Å². The number of nitrogens with one attached hydrogen (secondary N) is 1. The summed E-state index contributed by atoms with van der Waals surface area (Å²) in [7, 11) is 1.89. The van der Waals surface area contributed by atoms with Crippen molar-refractivity contribution >= 4 is 11.6 Å². The maximum Gasteiger partial charge on any atom is 0.0830 e. The molecule has 5 heteroatoms. The van der Waals surface area contributed by atoms with E-state index in [1.54, 1.807) is 4.68 Å². The number of rotatable bonds is 7. The fraction of sp³-hybridized carbons (Fsp3) is 0.500. The van der Waals surface area contributed by atoms with Crippen molar-refractivity contribution in [3.63, 3.8) is 0 Å². The highest BCUT2D eigenvalue weighted by atomic mass is 35.5. The van der Waals surface area contributed by atoms with Gasteiger partial charge in [-0.15, -0.1) is 5.10 Å². The minimum Gasteiger partial charge on any atom is -0.314 e. The van der Waals surface area contributed by atoms with E-state index in [1.807, 2.05) is 31.4 Å². The van der Waals surface area contributed by atoms with Crippen LogP contribution in [-0.4, -0.2) is 27.6 Å². The number of hydrogen-bond donors (Lipinski definition) is 1. The van der Waals surface area contributed by atoms with Crippen LogP contribution in [0.15, 0.2) is 30.5 Å². The highest BCUT2D eigenvalue weighted by Gasteiger charge is 2.15. The fourth-order valence-corrected chi connectivity index (χ4v) is 2.59. The normalized spacial score (nSPS) is 12.8. The molecule has 0 aliphatic rings. The third kappa shape index (κ3) is 5.14. The summed E-state index contributed by atoms with van der Waals surface area (Å²) in [4.78, 5) is 0. The summed E-state index contributed by atoms with van der Waals surface area (Å²) in [6, 6.07) is 8.53. The van der Waals surface area contributed by atoms with Crippen molar-refractivity contribution in [2.24, 2.45) is 13.0 Å². The summed E-state index contributed by atoms with van der Waals surface area (Å²) in [6.07, 6.45) is 3.82. The van der Waals surface area contributed by atoms with Crippen LogP contribution in [0.3, 0.4) is 0 Å². The van der Waals surface area contributed by atoms with Crippen molar-refractivity contribution in [3.05, 3.63) is 46.7 Å².